The van der Waals surface area contributed by atoms with Gasteiger partial charge in [0.2, 0.25) is 0 Å². The monoisotopic (exact) mass is 297 g/mol. The van der Waals surface area contributed by atoms with Gasteiger partial charge in [-0.05, 0) is 30.6 Å². The summed E-state index contributed by atoms with van der Waals surface area (Å²) in [5.74, 6) is 1.51. The van der Waals surface area contributed by atoms with Gasteiger partial charge in [0.05, 0.1) is 0 Å². The summed E-state index contributed by atoms with van der Waals surface area (Å²) in [7, 11) is 0. The third-order valence-corrected chi connectivity index (χ3v) is 4.99. The summed E-state index contributed by atoms with van der Waals surface area (Å²) in [6.45, 7) is 6.88. The smallest absolute Gasteiger partial charge is 0.348 e. The number of esters is 1. The Balaban J connectivity index is 1.95. The van der Waals surface area contributed by atoms with Gasteiger partial charge in [0, 0.05) is 5.38 Å². The topological polar surface area (TPSA) is 56.2 Å². The van der Waals surface area contributed by atoms with Crippen LogP contribution < -0.4 is 10.3 Å². The number of anilines is 1. The lowest BCUT2D eigenvalue weighted by molar-refractivity contribution is -0.667. The number of nitrogens with two attached hydrogens (primary N) is 1. The molecule has 3 atom stereocenters. The van der Waals surface area contributed by atoms with Crippen LogP contribution in [-0.2, 0) is 16.1 Å². The van der Waals surface area contributed by atoms with Crippen molar-refractivity contribution in [2.75, 3.05) is 5.73 Å². The number of nitrogen functional groups attached to an aromatic ring is 1. The van der Waals surface area contributed by atoms with Crippen molar-refractivity contribution >= 4 is 22.4 Å². The van der Waals surface area contributed by atoms with Gasteiger partial charge in [0.25, 0.3) is 0 Å². The van der Waals surface area contributed by atoms with Gasteiger partial charge in [-0.25, -0.2) is 9.36 Å². The lowest BCUT2D eigenvalue weighted by atomic mass is 9.75. The van der Waals surface area contributed by atoms with Crippen molar-refractivity contribution in [3.63, 3.8) is 0 Å². The predicted octanol–water partition coefficient (Wildman–Crippen LogP) is 2.62. The van der Waals surface area contributed by atoms with Crippen LogP contribution in [0.4, 0.5) is 5.13 Å². The molecule has 5 heteroatoms. The molecule has 1 aliphatic carbocycles. The summed E-state index contributed by atoms with van der Waals surface area (Å²) in [6, 6.07) is 0. The Morgan fingerprint density at radius 3 is 2.90 bits per heavy atom. The zero-order valence-electron chi connectivity index (χ0n) is 12.5. The molecule has 2 rings (SSSR count). The van der Waals surface area contributed by atoms with Gasteiger partial charge in [-0.3, -0.25) is 5.73 Å². The first-order chi connectivity index (χ1) is 9.47. The van der Waals surface area contributed by atoms with Crippen molar-refractivity contribution in [2.24, 2.45) is 17.8 Å². The molecule has 1 fully saturated rings. The molecule has 1 saturated carbocycles. The Morgan fingerprint density at radius 2 is 2.30 bits per heavy atom. The second kappa shape index (κ2) is 6.57. The molecular formula is C15H25N2O2S+. The summed E-state index contributed by atoms with van der Waals surface area (Å²) >= 11 is 1.43. The van der Waals surface area contributed by atoms with Crippen molar-refractivity contribution in [2.45, 2.75) is 52.7 Å². The Bertz CT molecular complexity index is 458. The van der Waals surface area contributed by atoms with Crippen LogP contribution in [0.15, 0.2) is 11.6 Å². The average molecular weight is 297 g/mol. The molecule has 2 N–H and O–H groups in total. The van der Waals surface area contributed by atoms with Crippen molar-refractivity contribution in [1.82, 2.24) is 0 Å². The molecule has 0 radical (unpaired) electrons. The van der Waals surface area contributed by atoms with Gasteiger partial charge in [-0.1, -0.05) is 38.5 Å². The SMILES string of the molecule is CC1CCC(C(C)C)C(OC(=O)C[n+]2ccsc2N)C1. The van der Waals surface area contributed by atoms with Crippen LogP contribution in [0.25, 0.3) is 0 Å². The van der Waals surface area contributed by atoms with Crippen molar-refractivity contribution in [3.05, 3.63) is 11.6 Å². The molecule has 4 nitrogen and oxygen atoms in total. The minimum Gasteiger partial charge on any atom is -0.459 e. The maximum atomic E-state index is 12.1. The summed E-state index contributed by atoms with van der Waals surface area (Å²) in [5.41, 5.74) is 5.79. The quantitative estimate of drug-likeness (QED) is 0.686. The van der Waals surface area contributed by atoms with Crippen molar-refractivity contribution < 1.29 is 14.1 Å². The van der Waals surface area contributed by atoms with E-state index < -0.39 is 0 Å². The van der Waals surface area contributed by atoms with E-state index in [1.54, 1.807) is 4.57 Å². The second-order valence-corrected chi connectivity index (χ2v) is 7.15. The fourth-order valence-corrected chi connectivity index (χ4v) is 3.65. The number of hydrogen-bond acceptors (Lipinski definition) is 4. The highest BCUT2D eigenvalue weighted by molar-refractivity contribution is 7.12. The summed E-state index contributed by atoms with van der Waals surface area (Å²) in [5, 5.41) is 2.52. The van der Waals surface area contributed by atoms with Gasteiger partial charge in [-0.15, -0.1) is 0 Å². The summed E-state index contributed by atoms with van der Waals surface area (Å²) in [6.07, 6.45) is 5.27. The molecule has 1 aromatic heterocycles. The third-order valence-electron chi connectivity index (χ3n) is 4.26. The highest BCUT2D eigenvalue weighted by Crippen LogP contribution is 2.35. The molecule has 3 unspecified atom stereocenters. The molecule has 1 aromatic rings. The molecule has 0 aromatic carbocycles. The number of nitrogens with zero attached hydrogens (tertiary/aromatic N) is 1. The molecule has 112 valence electrons. The number of carbonyl (C=O) groups excluding carboxylic acids is 1. The van der Waals surface area contributed by atoms with Gasteiger partial charge in [0.1, 0.15) is 12.3 Å². The van der Waals surface area contributed by atoms with E-state index in [1.807, 2.05) is 11.6 Å². The lowest BCUT2D eigenvalue weighted by Gasteiger charge is -2.36. The summed E-state index contributed by atoms with van der Waals surface area (Å²) in [4.78, 5) is 12.1. The zero-order chi connectivity index (χ0) is 14.7. The predicted molar refractivity (Wildman–Crippen MR) is 80.1 cm³/mol. The first kappa shape index (κ1) is 15.3. The van der Waals surface area contributed by atoms with E-state index in [4.69, 9.17) is 10.5 Å². The normalized spacial score (nSPS) is 26.7. The minimum absolute atomic E-state index is 0.0618. The molecule has 1 aliphatic rings. The maximum absolute atomic E-state index is 12.1. The molecule has 20 heavy (non-hydrogen) atoms. The standard InChI is InChI=1S/C15H24N2O2S/c1-10(2)12-5-4-11(3)8-13(12)19-14(18)9-17-6-7-20-15(17)16/h6-7,10-13,16H,4-5,8-9H2,1-3H3/p+1. The number of hydrogen-bond donors (Lipinski definition) is 1. The molecule has 1 heterocycles. The highest BCUT2D eigenvalue weighted by atomic mass is 32.1. The molecule has 0 bridgehead atoms. The first-order valence-electron chi connectivity index (χ1n) is 7.39. The molecule has 0 spiro atoms. The Kier molecular flexibility index (Phi) is 5.02. The van der Waals surface area contributed by atoms with Crippen LogP contribution in [0, 0.1) is 17.8 Å². The number of carbonyl (C=O) groups is 1. The van der Waals surface area contributed by atoms with Gasteiger partial charge in [0.15, 0.2) is 6.54 Å². The van der Waals surface area contributed by atoms with E-state index in [2.05, 4.69) is 20.8 Å². The second-order valence-electron chi connectivity index (χ2n) is 6.22. The van der Waals surface area contributed by atoms with Crippen LogP contribution in [0.3, 0.4) is 0 Å². The van der Waals surface area contributed by atoms with Crippen molar-refractivity contribution in [1.29, 1.82) is 0 Å². The Morgan fingerprint density at radius 1 is 1.55 bits per heavy atom. The van der Waals surface area contributed by atoms with E-state index in [1.165, 1.54) is 17.8 Å². The van der Waals surface area contributed by atoms with E-state index in [0.29, 0.717) is 22.9 Å². The number of ether oxygens (including phenoxy) is 1. The highest BCUT2D eigenvalue weighted by Gasteiger charge is 2.33. The molecular weight excluding hydrogens is 272 g/mol. The van der Waals surface area contributed by atoms with Gasteiger partial charge >= 0.3 is 11.1 Å². The maximum Gasteiger partial charge on any atom is 0.348 e. The zero-order valence-corrected chi connectivity index (χ0v) is 13.4. The largest absolute Gasteiger partial charge is 0.459 e. The lowest BCUT2D eigenvalue weighted by Crippen LogP contribution is -2.42. The number of thiazole rings is 1. The van der Waals surface area contributed by atoms with Gasteiger partial charge < -0.3 is 4.74 Å². The van der Waals surface area contributed by atoms with Crippen LogP contribution >= 0.6 is 11.3 Å². The molecule has 0 saturated heterocycles. The molecule has 0 amide bonds. The Labute approximate surface area is 124 Å². The minimum atomic E-state index is -0.176. The van der Waals surface area contributed by atoms with Crippen molar-refractivity contribution in [3.8, 4) is 0 Å². The first-order valence-corrected chi connectivity index (χ1v) is 8.27. The number of aromatic nitrogens is 1. The van der Waals surface area contributed by atoms with E-state index in [-0.39, 0.29) is 18.6 Å². The van der Waals surface area contributed by atoms with E-state index in [9.17, 15) is 4.79 Å². The van der Waals surface area contributed by atoms with E-state index in [0.717, 1.165) is 12.8 Å². The molecule has 0 aliphatic heterocycles. The Hall–Kier alpha value is -1.10. The van der Waals surface area contributed by atoms with Crippen LogP contribution in [0.2, 0.25) is 0 Å². The average Bonchev–Trinajstić information content (AvgIpc) is 2.74. The number of rotatable bonds is 4. The van der Waals surface area contributed by atoms with Gasteiger partial charge in [-0.2, -0.15) is 0 Å². The van der Waals surface area contributed by atoms with Crippen LogP contribution in [-0.4, -0.2) is 12.1 Å². The fourth-order valence-electron chi connectivity index (χ4n) is 3.04. The van der Waals surface area contributed by atoms with E-state index >= 15 is 0 Å². The fraction of sp³-hybridized carbons (Fsp3) is 0.733. The van der Waals surface area contributed by atoms with Crippen LogP contribution in [0.1, 0.15) is 40.0 Å². The van der Waals surface area contributed by atoms with Crippen LogP contribution in [0.5, 0.6) is 0 Å². The summed E-state index contributed by atoms with van der Waals surface area (Å²) < 4.78 is 7.49. The third kappa shape index (κ3) is 3.72.